The van der Waals surface area contributed by atoms with Crippen LogP contribution in [0.15, 0.2) is 22.7 Å². The molecule has 0 bridgehead atoms. The molecule has 2 atom stereocenters. The average Bonchev–Trinajstić information content (AvgIpc) is 2.97. The van der Waals surface area contributed by atoms with Crippen LogP contribution < -0.4 is 16.0 Å². The predicted molar refractivity (Wildman–Crippen MR) is 77.4 cm³/mol. The summed E-state index contributed by atoms with van der Waals surface area (Å²) in [5.41, 5.74) is 4.63. The maximum Gasteiger partial charge on any atom is 0.119 e. The molecule has 1 aliphatic carbocycles. The summed E-state index contributed by atoms with van der Waals surface area (Å²) >= 11 is 3.59. The fourth-order valence-electron chi connectivity index (χ4n) is 2.58. The highest BCUT2D eigenvalue weighted by Gasteiger charge is 2.49. The van der Waals surface area contributed by atoms with Crippen LogP contribution in [0.4, 0.5) is 0 Å². The van der Waals surface area contributed by atoms with E-state index in [0.29, 0.717) is 17.4 Å². The molecule has 0 amide bonds. The van der Waals surface area contributed by atoms with Gasteiger partial charge in [-0.3, -0.25) is 11.3 Å². The zero-order valence-corrected chi connectivity index (χ0v) is 12.8. The summed E-state index contributed by atoms with van der Waals surface area (Å²) in [7, 11) is 1.69. The largest absolute Gasteiger partial charge is 0.497 e. The van der Waals surface area contributed by atoms with E-state index in [0.717, 1.165) is 16.6 Å². The topological polar surface area (TPSA) is 47.3 Å². The van der Waals surface area contributed by atoms with Crippen LogP contribution in [-0.4, -0.2) is 13.2 Å². The molecule has 1 aromatic carbocycles. The van der Waals surface area contributed by atoms with Crippen LogP contribution in [0.2, 0.25) is 0 Å². The van der Waals surface area contributed by atoms with Crippen molar-refractivity contribution in [3.63, 3.8) is 0 Å². The van der Waals surface area contributed by atoms with E-state index in [-0.39, 0.29) is 0 Å². The number of hydrogen-bond acceptors (Lipinski definition) is 3. The van der Waals surface area contributed by atoms with Crippen LogP contribution in [-0.2, 0) is 6.42 Å². The Morgan fingerprint density at radius 1 is 1.56 bits per heavy atom. The zero-order chi connectivity index (χ0) is 13.3. The second kappa shape index (κ2) is 5.19. The first kappa shape index (κ1) is 13.8. The number of hydrazine groups is 1. The summed E-state index contributed by atoms with van der Waals surface area (Å²) in [6, 6.07) is 6.38. The molecule has 3 N–H and O–H groups in total. The quantitative estimate of drug-likeness (QED) is 0.649. The van der Waals surface area contributed by atoms with Gasteiger partial charge in [0.05, 0.1) is 7.11 Å². The number of nitrogens with two attached hydrogens (primary N) is 1. The fourth-order valence-corrected chi connectivity index (χ4v) is 2.99. The van der Waals surface area contributed by atoms with Crippen LogP contribution in [0.3, 0.4) is 0 Å². The molecule has 0 heterocycles. The number of hydrogen-bond donors (Lipinski definition) is 2. The van der Waals surface area contributed by atoms with Gasteiger partial charge in [0.25, 0.3) is 0 Å². The Balaban J connectivity index is 2.12. The summed E-state index contributed by atoms with van der Waals surface area (Å²) in [5, 5.41) is 0. The molecule has 0 saturated heterocycles. The first-order valence-corrected chi connectivity index (χ1v) is 7.06. The van der Waals surface area contributed by atoms with E-state index in [1.54, 1.807) is 7.11 Å². The Hall–Kier alpha value is -0.580. The number of halogens is 1. The average molecular weight is 313 g/mol. The number of ether oxygens (including phenoxy) is 1. The van der Waals surface area contributed by atoms with Crippen molar-refractivity contribution in [1.82, 2.24) is 5.43 Å². The Kier molecular flexibility index (Phi) is 3.99. The third-order valence-corrected chi connectivity index (χ3v) is 4.76. The maximum absolute atomic E-state index is 5.71. The molecule has 0 aliphatic heterocycles. The number of benzene rings is 1. The Bertz CT molecular complexity index is 434. The molecular formula is C14H21BrN2O. The third-order valence-electron chi connectivity index (χ3n) is 3.98. The van der Waals surface area contributed by atoms with Crippen molar-refractivity contribution in [3.05, 3.63) is 28.2 Å². The molecule has 1 fully saturated rings. The molecule has 2 unspecified atom stereocenters. The van der Waals surface area contributed by atoms with E-state index >= 15 is 0 Å². The van der Waals surface area contributed by atoms with E-state index in [1.807, 2.05) is 12.1 Å². The van der Waals surface area contributed by atoms with Crippen molar-refractivity contribution in [3.8, 4) is 5.75 Å². The standard InChI is InChI=1S/C14H21BrN2O/c1-14(2)8-11(14)13(17-16)7-9-6-10(18-3)4-5-12(9)15/h4-6,11,13,17H,7-8,16H2,1-3H3. The molecule has 2 rings (SSSR count). The van der Waals surface area contributed by atoms with E-state index in [9.17, 15) is 0 Å². The van der Waals surface area contributed by atoms with Crippen LogP contribution in [0.25, 0.3) is 0 Å². The highest BCUT2D eigenvalue weighted by Crippen LogP contribution is 2.54. The number of nitrogens with one attached hydrogen (secondary N) is 1. The minimum absolute atomic E-state index is 0.323. The normalized spacial score (nSPS) is 22.6. The number of rotatable bonds is 5. The van der Waals surface area contributed by atoms with E-state index in [4.69, 9.17) is 10.6 Å². The SMILES string of the molecule is COc1ccc(Br)c(CC(NN)C2CC2(C)C)c1. The number of methoxy groups -OCH3 is 1. The second-order valence-electron chi connectivity index (χ2n) is 5.73. The molecule has 4 heteroatoms. The minimum atomic E-state index is 0.323. The van der Waals surface area contributed by atoms with Crippen LogP contribution in [0.5, 0.6) is 5.75 Å². The summed E-state index contributed by atoms with van der Waals surface area (Å²) < 4.78 is 6.38. The highest BCUT2D eigenvalue weighted by molar-refractivity contribution is 9.10. The molecule has 0 radical (unpaired) electrons. The van der Waals surface area contributed by atoms with Crippen molar-refractivity contribution in [2.24, 2.45) is 17.2 Å². The lowest BCUT2D eigenvalue weighted by atomic mass is 9.98. The van der Waals surface area contributed by atoms with Gasteiger partial charge in [-0.15, -0.1) is 0 Å². The Labute approximate surface area is 117 Å². The highest BCUT2D eigenvalue weighted by atomic mass is 79.9. The molecule has 1 saturated carbocycles. The molecule has 1 aromatic rings. The van der Waals surface area contributed by atoms with Crippen molar-refractivity contribution >= 4 is 15.9 Å². The van der Waals surface area contributed by atoms with Crippen molar-refractivity contribution < 1.29 is 4.74 Å². The van der Waals surface area contributed by atoms with Crippen molar-refractivity contribution in [1.29, 1.82) is 0 Å². The van der Waals surface area contributed by atoms with Gasteiger partial charge in [-0.25, -0.2) is 0 Å². The van der Waals surface area contributed by atoms with Crippen LogP contribution in [0.1, 0.15) is 25.8 Å². The summed E-state index contributed by atoms with van der Waals surface area (Å²) in [6.45, 7) is 4.59. The summed E-state index contributed by atoms with van der Waals surface area (Å²) in [5.74, 6) is 7.25. The van der Waals surface area contributed by atoms with E-state index < -0.39 is 0 Å². The van der Waals surface area contributed by atoms with Gasteiger partial charge in [0.1, 0.15) is 5.75 Å². The van der Waals surface area contributed by atoms with Gasteiger partial charge in [0, 0.05) is 10.5 Å². The summed E-state index contributed by atoms with van der Waals surface area (Å²) in [6.07, 6.45) is 2.16. The smallest absolute Gasteiger partial charge is 0.119 e. The molecule has 1 aliphatic rings. The first-order valence-electron chi connectivity index (χ1n) is 6.26. The van der Waals surface area contributed by atoms with Gasteiger partial charge in [0.15, 0.2) is 0 Å². The fraction of sp³-hybridized carbons (Fsp3) is 0.571. The Morgan fingerprint density at radius 2 is 2.22 bits per heavy atom. The zero-order valence-electron chi connectivity index (χ0n) is 11.2. The first-order chi connectivity index (χ1) is 8.47. The van der Waals surface area contributed by atoms with Crippen molar-refractivity contribution in [2.45, 2.75) is 32.7 Å². The van der Waals surface area contributed by atoms with Gasteiger partial charge in [0.2, 0.25) is 0 Å². The van der Waals surface area contributed by atoms with Gasteiger partial charge in [-0.05, 0) is 47.9 Å². The summed E-state index contributed by atoms with van der Waals surface area (Å²) in [4.78, 5) is 0. The van der Waals surface area contributed by atoms with Crippen molar-refractivity contribution in [2.75, 3.05) is 7.11 Å². The third kappa shape index (κ3) is 2.87. The second-order valence-corrected chi connectivity index (χ2v) is 6.59. The van der Waals surface area contributed by atoms with Crippen LogP contribution >= 0.6 is 15.9 Å². The lowest BCUT2D eigenvalue weighted by Gasteiger charge is -2.19. The van der Waals surface area contributed by atoms with E-state index in [2.05, 4.69) is 41.3 Å². The Morgan fingerprint density at radius 3 is 2.72 bits per heavy atom. The lowest BCUT2D eigenvalue weighted by Crippen LogP contribution is -2.39. The molecule has 0 aromatic heterocycles. The lowest BCUT2D eigenvalue weighted by molar-refractivity contribution is 0.403. The molecule has 100 valence electrons. The maximum atomic E-state index is 5.71. The van der Waals surface area contributed by atoms with E-state index in [1.165, 1.54) is 12.0 Å². The monoisotopic (exact) mass is 312 g/mol. The molecule has 18 heavy (non-hydrogen) atoms. The minimum Gasteiger partial charge on any atom is -0.497 e. The van der Waals surface area contributed by atoms with Gasteiger partial charge in [-0.1, -0.05) is 29.8 Å². The molecular weight excluding hydrogens is 292 g/mol. The predicted octanol–water partition coefficient (Wildman–Crippen LogP) is 2.88. The molecule has 0 spiro atoms. The molecule has 3 nitrogen and oxygen atoms in total. The van der Waals surface area contributed by atoms with Crippen LogP contribution in [0, 0.1) is 11.3 Å². The van der Waals surface area contributed by atoms with Gasteiger partial charge >= 0.3 is 0 Å². The van der Waals surface area contributed by atoms with Gasteiger partial charge < -0.3 is 4.74 Å². The van der Waals surface area contributed by atoms with Gasteiger partial charge in [-0.2, -0.15) is 0 Å².